The summed E-state index contributed by atoms with van der Waals surface area (Å²) in [5.74, 6) is 0.266. The summed E-state index contributed by atoms with van der Waals surface area (Å²) in [5.41, 5.74) is 0.780. The number of benzene rings is 2. The zero-order chi connectivity index (χ0) is 22.7. The molecule has 4 aromatic rings. The van der Waals surface area contributed by atoms with Gasteiger partial charge in [-0.05, 0) is 54.3 Å². The number of carbonyl (C=O) groups excluding carboxylic acids is 1. The normalized spacial score (nSPS) is 10.9. The molecule has 2 heterocycles. The Bertz CT molecular complexity index is 1410. The van der Waals surface area contributed by atoms with Crippen LogP contribution in [0, 0.1) is 0 Å². The molecule has 2 aromatic carbocycles. The van der Waals surface area contributed by atoms with E-state index in [4.69, 9.17) is 16.3 Å². The van der Waals surface area contributed by atoms with E-state index in [2.05, 4.69) is 5.32 Å². The minimum atomic E-state index is -0.552. The van der Waals surface area contributed by atoms with Gasteiger partial charge in [0.05, 0.1) is 18.7 Å². The fourth-order valence-corrected chi connectivity index (χ4v) is 4.45. The van der Waals surface area contributed by atoms with Gasteiger partial charge < -0.3 is 10.1 Å². The fourth-order valence-electron chi connectivity index (χ4n) is 3.42. The van der Waals surface area contributed by atoms with Gasteiger partial charge in [-0.25, -0.2) is 4.79 Å². The molecule has 9 heteroatoms. The second-order valence-electron chi connectivity index (χ2n) is 7.03. The summed E-state index contributed by atoms with van der Waals surface area (Å²) in [5, 5.41) is 4.96. The van der Waals surface area contributed by atoms with Crippen molar-refractivity contribution in [2.45, 2.75) is 20.0 Å². The Morgan fingerprint density at radius 1 is 1.09 bits per heavy atom. The van der Waals surface area contributed by atoms with Gasteiger partial charge in [0.2, 0.25) is 5.91 Å². The van der Waals surface area contributed by atoms with E-state index in [1.54, 1.807) is 41.8 Å². The summed E-state index contributed by atoms with van der Waals surface area (Å²) in [4.78, 5) is 38.9. The van der Waals surface area contributed by atoms with E-state index < -0.39 is 11.6 Å². The summed E-state index contributed by atoms with van der Waals surface area (Å²) in [7, 11) is 0. The number of nitrogens with zero attached hydrogens (tertiary/aromatic N) is 2. The highest BCUT2D eigenvalue weighted by Crippen LogP contribution is 2.18. The first-order valence-electron chi connectivity index (χ1n) is 9.94. The topological polar surface area (TPSA) is 82.3 Å². The van der Waals surface area contributed by atoms with Gasteiger partial charge in [-0.2, -0.15) is 0 Å². The molecule has 1 amide bonds. The van der Waals surface area contributed by atoms with Gasteiger partial charge in [-0.15, -0.1) is 11.3 Å². The van der Waals surface area contributed by atoms with Crippen LogP contribution in [0.25, 0.3) is 10.2 Å². The molecule has 164 valence electrons. The lowest BCUT2D eigenvalue weighted by Crippen LogP contribution is -2.41. The fraction of sp³-hybridized carbons (Fsp3) is 0.174. The largest absolute Gasteiger partial charge is 0.494 e. The van der Waals surface area contributed by atoms with Crippen molar-refractivity contribution in [3.8, 4) is 5.75 Å². The molecule has 0 unspecified atom stereocenters. The third-order valence-electron chi connectivity index (χ3n) is 4.80. The molecule has 4 rings (SSSR count). The number of amides is 1. The molecule has 0 radical (unpaired) electrons. The molecule has 0 aliphatic carbocycles. The van der Waals surface area contributed by atoms with Gasteiger partial charge >= 0.3 is 5.69 Å². The molecule has 0 bridgehead atoms. The third kappa shape index (κ3) is 4.61. The van der Waals surface area contributed by atoms with Crippen LogP contribution < -0.4 is 21.3 Å². The van der Waals surface area contributed by atoms with Gasteiger partial charge in [-0.1, -0.05) is 29.8 Å². The number of anilines is 1. The monoisotopic (exact) mass is 469 g/mol. The molecule has 1 N–H and O–H groups in total. The van der Waals surface area contributed by atoms with Gasteiger partial charge in [-0.3, -0.25) is 18.7 Å². The van der Waals surface area contributed by atoms with Gasteiger partial charge in [0.25, 0.3) is 5.56 Å². The SMILES string of the molecule is CCOc1cccc(Cn2c(=O)c3sccc3n(CC(=O)Nc3cccc(Cl)c3)c2=O)c1. The number of nitrogens with one attached hydrogen (secondary N) is 1. The minimum absolute atomic E-state index is 0.0718. The van der Waals surface area contributed by atoms with Gasteiger partial charge in [0.15, 0.2) is 0 Å². The quantitative estimate of drug-likeness (QED) is 0.444. The first kappa shape index (κ1) is 21.9. The van der Waals surface area contributed by atoms with Crippen molar-refractivity contribution in [2.75, 3.05) is 11.9 Å². The molecule has 7 nitrogen and oxygen atoms in total. The maximum atomic E-state index is 13.3. The average molecular weight is 470 g/mol. The maximum absolute atomic E-state index is 13.3. The van der Waals surface area contributed by atoms with E-state index in [1.165, 1.54) is 15.9 Å². The predicted molar refractivity (Wildman–Crippen MR) is 127 cm³/mol. The number of rotatable bonds is 7. The number of hydrogen-bond acceptors (Lipinski definition) is 5. The van der Waals surface area contributed by atoms with Crippen molar-refractivity contribution in [2.24, 2.45) is 0 Å². The number of ether oxygens (including phenoxy) is 1. The number of carbonyl (C=O) groups is 1. The molecule has 0 spiro atoms. The zero-order valence-corrected chi connectivity index (χ0v) is 18.8. The van der Waals surface area contributed by atoms with Crippen LogP contribution >= 0.6 is 22.9 Å². The van der Waals surface area contributed by atoms with Crippen LogP contribution in [-0.4, -0.2) is 21.6 Å². The number of hydrogen-bond donors (Lipinski definition) is 1. The lowest BCUT2D eigenvalue weighted by molar-refractivity contribution is -0.116. The molecule has 32 heavy (non-hydrogen) atoms. The Kier molecular flexibility index (Phi) is 6.43. The summed E-state index contributed by atoms with van der Waals surface area (Å²) >= 11 is 7.21. The molecular weight excluding hydrogens is 450 g/mol. The van der Waals surface area contributed by atoms with E-state index in [1.807, 2.05) is 25.1 Å². The minimum Gasteiger partial charge on any atom is -0.494 e. The highest BCUT2D eigenvalue weighted by atomic mass is 35.5. The molecular formula is C23H20ClN3O4S. The van der Waals surface area contributed by atoms with E-state index in [0.29, 0.717) is 33.3 Å². The van der Waals surface area contributed by atoms with Crippen LogP contribution in [0.4, 0.5) is 5.69 Å². The molecule has 0 aliphatic rings. The summed E-state index contributed by atoms with van der Waals surface area (Å²) in [6.45, 7) is 2.23. The van der Waals surface area contributed by atoms with Crippen molar-refractivity contribution >= 4 is 44.7 Å². The molecule has 2 aromatic heterocycles. The van der Waals surface area contributed by atoms with Gasteiger partial charge in [0, 0.05) is 10.7 Å². The lowest BCUT2D eigenvalue weighted by atomic mass is 10.2. The Morgan fingerprint density at radius 3 is 2.69 bits per heavy atom. The van der Waals surface area contributed by atoms with Crippen molar-refractivity contribution in [1.82, 2.24) is 9.13 Å². The Balaban J connectivity index is 1.69. The summed E-state index contributed by atoms with van der Waals surface area (Å²) in [6, 6.07) is 15.7. The van der Waals surface area contributed by atoms with Crippen LogP contribution in [0.2, 0.25) is 5.02 Å². The van der Waals surface area contributed by atoms with E-state index in [9.17, 15) is 14.4 Å². The molecule has 0 saturated carbocycles. The Morgan fingerprint density at radius 2 is 1.91 bits per heavy atom. The average Bonchev–Trinajstić information content (AvgIpc) is 3.25. The number of fused-ring (bicyclic) bond motifs is 1. The predicted octanol–water partition coefficient (Wildman–Crippen LogP) is 3.96. The second kappa shape index (κ2) is 9.42. The standard InChI is InChI=1S/C23H20ClN3O4S/c1-2-31-18-8-3-5-15(11-18)13-27-22(29)21-19(9-10-32-21)26(23(27)30)14-20(28)25-17-7-4-6-16(24)12-17/h3-12H,2,13-14H2,1H3,(H,25,28). The highest BCUT2D eigenvalue weighted by molar-refractivity contribution is 7.17. The van der Waals surface area contributed by atoms with E-state index in [-0.39, 0.29) is 18.6 Å². The number of aromatic nitrogens is 2. The number of thiophene rings is 1. The van der Waals surface area contributed by atoms with E-state index >= 15 is 0 Å². The maximum Gasteiger partial charge on any atom is 0.332 e. The smallest absolute Gasteiger partial charge is 0.332 e. The number of halogens is 1. The first-order valence-corrected chi connectivity index (χ1v) is 11.2. The zero-order valence-electron chi connectivity index (χ0n) is 17.2. The molecule has 0 fully saturated rings. The van der Waals surface area contributed by atoms with Gasteiger partial charge in [0.1, 0.15) is 17.0 Å². The van der Waals surface area contributed by atoms with Crippen LogP contribution in [0.5, 0.6) is 5.75 Å². The third-order valence-corrected chi connectivity index (χ3v) is 5.92. The Hall–Kier alpha value is -3.36. The van der Waals surface area contributed by atoms with Crippen LogP contribution in [-0.2, 0) is 17.9 Å². The molecule has 0 atom stereocenters. The Labute approximate surface area is 192 Å². The molecule has 0 aliphatic heterocycles. The van der Waals surface area contributed by atoms with Crippen molar-refractivity contribution in [3.05, 3.63) is 91.4 Å². The second-order valence-corrected chi connectivity index (χ2v) is 8.39. The molecule has 0 saturated heterocycles. The first-order chi connectivity index (χ1) is 15.5. The van der Waals surface area contributed by atoms with Crippen molar-refractivity contribution < 1.29 is 9.53 Å². The van der Waals surface area contributed by atoms with E-state index in [0.717, 1.165) is 10.1 Å². The van der Waals surface area contributed by atoms with Crippen molar-refractivity contribution in [1.29, 1.82) is 0 Å². The lowest BCUT2D eigenvalue weighted by Gasteiger charge is -2.13. The van der Waals surface area contributed by atoms with Crippen molar-refractivity contribution in [3.63, 3.8) is 0 Å². The van der Waals surface area contributed by atoms with Crippen LogP contribution in [0.15, 0.2) is 69.6 Å². The summed E-state index contributed by atoms with van der Waals surface area (Å²) in [6.07, 6.45) is 0. The van der Waals surface area contributed by atoms with Crippen LogP contribution in [0.3, 0.4) is 0 Å². The van der Waals surface area contributed by atoms with Crippen LogP contribution in [0.1, 0.15) is 12.5 Å². The highest BCUT2D eigenvalue weighted by Gasteiger charge is 2.17. The summed E-state index contributed by atoms with van der Waals surface area (Å²) < 4.78 is 8.40.